The summed E-state index contributed by atoms with van der Waals surface area (Å²) >= 11 is 7.30. The van der Waals surface area contributed by atoms with Crippen LogP contribution in [0.1, 0.15) is 54.4 Å². The Balaban J connectivity index is 1.93. The molecular weight excluding hydrogens is 418 g/mol. The Hall–Kier alpha value is -1.90. The van der Waals surface area contributed by atoms with E-state index in [-0.39, 0.29) is 19.4 Å². The van der Waals surface area contributed by atoms with Crippen LogP contribution in [0, 0.1) is 11.8 Å². The van der Waals surface area contributed by atoms with Crippen LogP contribution in [0.15, 0.2) is 11.1 Å². The van der Waals surface area contributed by atoms with E-state index in [2.05, 4.69) is 5.32 Å². The third kappa shape index (κ3) is 4.65. The van der Waals surface area contributed by atoms with Gasteiger partial charge in [0.05, 0.1) is 30.3 Å². The lowest BCUT2D eigenvalue weighted by atomic mass is 9.82. The van der Waals surface area contributed by atoms with Crippen LogP contribution in [-0.2, 0) is 32.1 Å². The van der Waals surface area contributed by atoms with E-state index in [4.69, 9.17) is 21.1 Å². The number of carbonyl (C=O) groups is 3. The van der Waals surface area contributed by atoms with Crippen LogP contribution in [0.4, 0.5) is 5.00 Å². The summed E-state index contributed by atoms with van der Waals surface area (Å²) in [4.78, 5) is 37.9. The van der Waals surface area contributed by atoms with E-state index in [1.807, 2.05) is 13.8 Å². The van der Waals surface area contributed by atoms with Crippen LogP contribution in [0.5, 0.6) is 0 Å². The zero-order chi connectivity index (χ0) is 21.3. The van der Waals surface area contributed by atoms with Gasteiger partial charge in [-0.05, 0) is 39.2 Å². The number of carbonyl (C=O) groups excluding carboxylic acids is 3. The zero-order valence-corrected chi connectivity index (χ0v) is 18.1. The first-order chi connectivity index (χ1) is 13.6. The van der Waals surface area contributed by atoms with Crippen molar-refractivity contribution in [2.75, 3.05) is 11.9 Å². The lowest BCUT2D eigenvalue weighted by molar-refractivity contribution is -0.313. The van der Waals surface area contributed by atoms with Gasteiger partial charge in [-0.1, -0.05) is 17.7 Å². The molecular formula is C20H23ClNO6S-. The first kappa shape index (κ1) is 21.8. The number of carboxylic acids is 1. The normalized spacial score (nSPS) is 23.0. The van der Waals surface area contributed by atoms with Gasteiger partial charge in [-0.3, -0.25) is 4.79 Å². The van der Waals surface area contributed by atoms with Crippen LogP contribution in [0.3, 0.4) is 0 Å². The molecule has 2 heterocycles. The zero-order valence-electron chi connectivity index (χ0n) is 16.5. The number of allylic oxidation sites excluding steroid dienone is 2. The van der Waals surface area contributed by atoms with E-state index in [1.54, 1.807) is 13.0 Å². The molecule has 158 valence electrons. The van der Waals surface area contributed by atoms with Crippen LogP contribution in [0.25, 0.3) is 0 Å². The van der Waals surface area contributed by atoms with E-state index in [1.165, 1.54) is 11.3 Å². The number of carboxylic acid groups (broad SMARTS) is 1. The Bertz CT molecular complexity index is 875. The van der Waals surface area contributed by atoms with Crippen LogP contribution >= 0.6 is 22.9 Å². The molecule has 0 bridgehead atoms. The number of rotatable bonds is 5. The lowest BCUT2D eigenvalue weighted by Gasteiger charge is -2.30. The fourth-order valence-electron chi connectivity index (χ4n) is 3.66. The molecule has 9 heteroatoms. The fraction of sp³-hybridized carbons (Fsp3) is 0.550. The van der Waals surface area contributed by atoms with E-state index in [0.29, 0.717) is 28.6 Å². The molecule has 29 heavy (non-hydrogen) atoms. The van der Waals surface area contributed by atoms with E-state index in [9.17, 15) is 19.5 Å². The van der Waals surface area contributed by atoms with Crippen molar-refractivity contribution in [2.24, 2.45) is 11.8 Å². The summed E-state index contributed by atoms with van der Waals surface area (Å²) in [5.41, 5.74) is 0.676. The molecule has 1 aromatic heterocycles. The summed E-state index contributed by atoms with van der Waals surface area (Å²) < 4.78 is 11.0. The maximum absolute atomic E-state index is 12.9. The third-order valence-corrected chi connectivity index (χ3v) is 6.57. The number of hydrogen-bond acceptors (Lipinski definition) is 7. The fourth-order valence-corrected chi connectivity index (χ4v) is 5.03. The molecule has 1 aromatic rings. The van der Waals surface area contributed by atoms with Gasteiger partial charge < -0.3 is 24.7 Å². The highest BCUT2D eigenvalue weighted by molar-refractivity contribution is 7.17. The van der Waals surface area contributed by atoms with Crippen molar-refractivity contribution in [1.29, 1.82) is 0 Å². The smallest absolute Gasteiger partial charge is 0.341 e. The predicted molar refractivity (Wildman–Crippen MR) is 107 cm³/mol. The van der Waals surface area contributed by atoms with Crippen molar-refractivity contribution in [3.8, 4) is 0 Å². The van der Waals surface area contributed by atoms with Gasteiger partial charge in [0.25, 0.3) is 0 Å². The van der Waals surface area contributed by atoms with Crippen LogP contribution in [0.2, 0.25) is 0 Å². The Labute approximate surface area is 178 Å². The Kier molecular flexibility index (Phi) is 6.36. The SMILES string of the molecule is CCOC(=O)c1c(NC(=O)[C@@H]2CC(Cl)=CC[C@@H]2C(=O)[O-])sc2c1CC(C)(C)OC2. The number of esters is 1. The number of hydrogen-bond donors (Lipinski definition) is 1. The topological polar surface area (TPSA) is 105 Å². The highest BCUT2D eigenvalue weighted by Gasteiger charge is 2.37. The highest BCUT2D eigenvalue weighted by Crippen LogP contribution is 2.41. The van der Waals surface area contributed by atoms with Gasteiger partial charge in [-0.15, -0.1) is 11.3 Å². The summed E-state index contributed by atoms with van der Waals surface area (Å²) in [5.74, 6) is -4.16. The van der Waals surface area contributed by atoms with Crippen molar-refractivity contribution in [3.05, 3.63) is 27.1 Å². The molecule has 1 N–H and O–H groups in total. The molecule has 0 saturated heterocycles. The number of ether oxygens (including phenoxy) is 2. The molecule has 1 amide bonds. The largest absolute Gasteiger partial charge is 0.550 e. The van der Waals surface area contributed by atoms with Crippen molar-refractivity contribution in [1.82, 2.24) is 0 Å². The summed E-state index contributed by atoms with van der Waals surface area (Å²) in [7, 11) is 0. The van der Waals surface area contributed by atoms with Gasteiger partial charge in [-0.25, -0.2) is 4.79 Å². The van der Waals surface area contributed by atoms with Gasteiger partial charge in [0, 0.05) is 28.2 Å². The number of amides is 1. The maximum atomic E-state index is 12.9. The molecule has 0 radical (unpaired) electrons. The van der Waals surface area contributed by atoms with Crippen molar-refractivity contribution in [2.45, 2.75) is 52.2 Å². The van der Waals surface area contributed by atoms with Gasteiger partial charge in [0.1, 0.15) is 5.00 Å². The number of aliphatic carboxylic acids is 1. The van der Waals surface area contributed by atoms with Gasteiger partial charge in [0.2, 0.25) is 5.91 Å². The molecule has 0 spiro atoms. The summed E-state index contributed by atoms with van der Waals surface area (Å²) in [6, 6.07) is 0. The molecule has 2 aliphatic rings. The summed E-state index contributed by atoms with van der Waals surface area (Å²) in [5, 5.41) is 15.0. The first-order valence-electron chi connectivity index (χ1n) is 9.44. The second kappa shape index (κ2) is 8.45. The highest BCUT2D eigenvalue weighted by atomic mass is 35.5. The van der Waals surface area contributed by atoms with E-state index >= 15 is 0 Å². The van der Waals surface area contributed by atoms with Gasteiger partial charge in [0.15, 0.2) is 0 Å². The van der Waals surface area contributed by atoms with Crippen molar-refractivity contribution >= 4 is 45.8 Å². The second-order valence-electron chi connectivity index (χ2n) is 7.77. The molecule has 0 unspecified atom stereocenters. The van der Waals surface area contributed by atoms with Crippen molar-refractivity contribution in [3.63, 3.8) is 0 Å². The Morgan fingerprint density at radius 2 is 2.10 bits per heavy atom. The molecule has 2 atom stereocenters. The summed E-state index contributed by atoms with van der Waals surface area (Å²) in [6.07, 6.45) is 2.34. The third-order valence-electron chi connectivity index (χ3n) is 5.14. The molecule has 0 aromatic carbocycles. The molecule has 0 fully saturated rings. The van der Waals surface area contributed by atoms with Gasteiger partial charge >= 0.3 is 5.97 Å². The number of anilines is 1. The number of nitrogens with one attached hydrogen (secondary N) is 1. The number of thiophene rings is 1. The van der Waals surface area contributed by atoms with Crippen LogP contribution in [-0.4, -0.2) is 30.1 Å². The Morgan fingerprint density at radius 3 is 2.76 bits per heavy atom. The minimum absolute atomic E-state index is 0.113. The first-order valence-corrected chi connectivity index (χ1v) is 10.6. The quantitative estimate of drug-likeness (QED) is 0.705. The number of fused-ring (bicyclic) bond motifs is 1. The second-order valence-corrected chi connectivity index (χ2v) is 9.36. The van der Waals surface area contributed by atoms with Crippen molar-refractivity contribution < 1.29 is 29.0 Å². The van der Waals surface area contributed by atoms with Gasteiger partial charge in [-0.2, -0.15) is 0 Å². The minimum atomic E-state index is -1.29. The number of halogens is 1. The van der Waals surface area contributed by atoms with E-state index < -0.39 is 35.3 Å². The van der Waals surface area contributed by atoms with Crippen LogP contribution < -0.4 is 10.4 Å². The molecule has 3 rings (SSSR count). The average Bonchev–Trinajstić information content (AvgIpc) is 2.97. The molecule has 1 aliphatic heterocycles. The average molecular weight is 441 g/mol. The monoisotopic (exact) mass is 440 g/mol. The minimum Gasteiger partial charge on any atom is -0.550 e. The summed E-state index contributed by atoms with van der Waals surface area (Å²) in [6.45, 7) is 6.10. The van der Waals surface area contributed by atoms with E-state index in [0.717, 1.165) is 10.4 Å². The molecule has 1 aliphatic carbocycles. The standard InChI is InChI=1S/C20H24ClNO6S/c1-4-27-19(26)15-13-8-20(2,3)28-9-14(13)29-17(15)22-16(23)12-7-10(21)5-6-11(12)18(24)25/h5,11-12H,4,6-9H2,1-3H3,(H,22,23)(H,24,25)/p-1/t11-,12+/m0/s1. The maximum Gasteiger partial charge on any atom is 0.341 e. The Morgan fingerprint density at radius 1 is 1.38 bits per heavy atom. The predicted octanol–water partition coefficient (Wildman–Crippen LogP) is 2.61. The molecule has 7 nitrogen and oxygen atoms in total. The lowest BCUT2D eigenvalue weighted by Crippen LogP contribution is -2.42. The molecule has 0 saturated carbocycles.